The Kier molecular flexibility index (Phi) is 5.86. The van der Waals surface area contributed by atoms with Gasteiger partial charge in [-0.25, -0.2) is 0 Å². The van der Waals surface area contributed by atoms with Crippen LogP contribution in [0.4, 0.5) is 0 Å². The van der Waals surface area contributed by atoms with E-state index < -0.39 is 0 Å². The molecule has 0 radical (unpaired) electrons. The molecule has 0 aliphatic carbocycles. The fourth-order valence-corrected chi connectivity index (χ4v) is 2.14. The van der Waals surface area contributed by atoms with E-state index in [0.717, 1.165) is 13.1 Å². The number of hydrogen-bond acceptors (Lipinski definition) is 2. The molecule has 0 spiro atoms. The molecule has 1 aromatic carbocycles. The van der Waals surface area contributed by atoms with Crippen molar-refractivity contribution in [2.24, 2.45) is 0 Å². The van der Waals surface area contributed by atoms with Crippen LogP contribution < -0.4 is 0 Å². The molecule has 0 saturated carbocycles. The van der Waals surface area contributed by atoms with Crippen molar-refractivity contribution in [2.75, 3.05) is 27.2 Å². The lowest BCUT2D eigenvalue weighted by molar-refractivity contribution is -0.132. The summed E-state index contributed by atoms with van der Waals surface area (Å²) >= 11 is 0. The Labute approximate surface area is 110 Å². The quantitative estimate of drug-likeness (QED) is 0.772. The maximum absolute atomic E-state index is 12.2. The maximum atomic E-state index is 12.2. The zero-order chi connectivity index (χ0) is 13.5. The topological polar surface area (TPSA) is 23.6 Å². The SMILES string of the molecule is CCN(CC)C(=O)CC(c1ccccc1)N(C)C. The Morgan fingerprint density at radius 3 is 2.11 bits per heavy atom. The Morgan fingerprint density at radius 1 is 1.11 bits per heavy atom. The first-order valence-electron chi connectivity index (χ1n) is 6.59. The number of amides is 1. The first-order chi connectivity index (χ1) is 8.60. The highest BCUT2D eigenvalue weighted by atomic mass is 16.2. The molecule has 0 aliphatic heterocycles. The maximum Gasteiger partial charge on any atom is 0.224 e. The molecule has 18 heavy (non-hydrogen) atoms. The van der Waals surface area contributed by atoms with E-state index in [1.165, 1.54) is 5.56 Å². The lowest BCUT2D eigenvalue weighted by atomic mass is 10.0. The van der Waals surface area contributed by atoms with Crippen LogP contribution in [0.5, 0.6) is 0 Å². The standard InChI is InChI=1S/C15H24N2O/c1-5-17(6-2)15(18)12-14(16(3)4)13-10-8-7-9-11-13/h7-11,14H,5-6,12H2,1-4H3. The van der Waals surface area contributed by atoms with E-state index in [1.54, 1.807) is 0 Å². The van der Waals surface area contributed by atoms with Crippen LogP contribution in [0.25, 0.3) is 0 Å². The van der Waals surface area contributed by atoms with Crippen LogP contribution in [0.3, 0.4) is 0 Å². The van der Waals surface area contributed by atoms with Crippen LogP contribution in [-0.4, -0.2) is 42.9 Å². The Morgan fingerprint density at radius 2 is 1.67 bits per heavy atom. The molecule has 0 aliphatic rings. The van der Waals surface area contributed by atoms with Gasteiger partial charge in [-0.15, -0.1) is 0 Å². The minimum atomic E-state index is 0.152. The minimum Gasteiger partial charge on any atom is -0.343 e. The summed E-state index contributed by atoms with van der Waals surface area (Å²) in [6, 6.07) is 10.4. The van der Waals surface area contributed by atoms with Crippen LogP contribution in [0.15, 0.2) is 30.3 Å². The van der Waals surface area contributed by atoms with E-state index >= 15 is 0 Å². The van der Waals surface area contributed by atoms with Gasteiger partial charge in [-0.1, -0.05) is 30.3 Å². The van der Waals surface area contributed by atoms with Crippen LogP contribution in [-0.2, 0) is 4.79 Å². The fraction of sp³-hybridized carbons (Fsp3) is 0.533. The van der Waals surface area contributed by atoms with Gasteiger partial charge in [-0.05, 0) is 33.5 Å². The molecule has 0 aromatic heterocycles. The van der Waals surface area contributed by atoms with Crippen molar-refractivity contribution in [2.45, 2.75) is 26.3 Å². The van der Waals surface area contributed by atoms with Crippen molar-refractivity contribution in [1.29, 1.82) is 0 Å². The third-order valence-corrected chi connectivity index (χ3v) is 3.29. The molecule has 0 bridgehead atoms. The van der Waals surface area contributed by atoms with E-state index in [9.17, 15) is 4.79 Å². The zero-order valence-electron chi connectivity index (χ0n) is 11.9. The average Bonchev–Trinajstić information content (AvgIpc) is 2.38. The van der Waals surface area contributed by atoms with Crippen LogP contribution in [0.2, 0.25) is 0 Å². The lowest BCUT2D eigenvalue weighted by Gasteiger charge is -2.27. The van der Waals surface area contributed by atoms with Crippen molar-refractivity contribution < 1.29 is 4.79 Å². The van der Waals surface area contributed by atoms with E-state index in [2.05, 4.69) is 17.0 Å². The van der Waals surface area contributed by atoms with Crippen molar-refractivity contribution in [1.82, 2.24) is 9.80 Å². The summed E-state index contributed by atoms with van der Waals surface area (Å²) in [6.45, 7) is 5.61. The van der Waals surface area contributed by atoms with Crippen molar-refractivity contribution >= 4 is 5.91 Å². The highest BCUT2D eigenvalue weighted by Crippen LogP contribution is 2.22. The number of rotatable bonds is 6. The summed E-state index contributed by atoms with van der Waals surface area (Å²) in [5.74, 6) is 0.225. The second kappa shape index (κ2) is 7.17. The summed E-state index contributed by atoms with van der Waals surface area (Å²) in [7, 11) is 4.04. The van der Waals surface area contributed by atoms with Gasteiger partial charge in [0.1, 0.15) is 0 Å². The summed E-state index contributed by atoms with van der Waals surface area (Å²) in [6.07, 6.45) is 0.540. The van der Waals surface area contributed by atoms with Gasteiger partial charge < -0.3 is 9.80 Å². The smallest absolute Gasteiger partial charge is 0.224 e. The van der Waals surface area contributed by atoms with Crippen molar-refractivity contribution in [3.05, 3.63) is 35.9 Å². The Bertz CT molecular complexity index is 358. The molecular weight excluding hydrogens is 224 g/mol. The molecule has 3 heteroatoms. The van der Waals surface area contributed by atoms with Crippen LogP contribution in [0.1, 0.15) is 31.9 Å². The van der Waals surface area contributed by atoms with Crippen molar-refractivity contribution in [3.8, 4) is 0 Å². The van der Waals surface area contributed by atoms with Gasteiger partial charge >= 0.3 is 0 Å². The number of nitrogens with zero attached hydrogens (tertiary/aromatic N) is 2. The van der Waals surface area contributed by atoms with Crippen LogP contribution in [0, 0.1) is 0 Å². The van der Waals surface area contributed by atoms with E-state index in [1.807, 2.05) is 51.0 Å². The third kappa shape index (κ3) is 3.84. The second-order valence-electron chi connectivity index (χ2n) is 4.66. The van der Waals surface area contributed by atoms with Gasteiger partial charge in [0.25, 0.3) is 0 Å². The van der Waals surface area contributed by atoms with Gasteiger partial charge in [0.2, 0.25) is 5.91 Å². The molecule has 1 aromatic rings. The summed E-state index contributed by atoms with van der Waals surface area (Å²) in [4.78, 5) is 16.2. The summed E-state index contributed by atoms with van der Waals surface area (Å²) in [5.41, 5.74) is 1.20. The first-order valence-corrected chi connectivity index (χ1v) is 6.59. The number of hydrogen-bond donors (Lipinski definition) is 0. The average molecular weight is 248 g/mol. The van der Waals surface area contributed by atoms with E-state index in [4.69, 9.17) is 0 Å². The fourth-order valence-electron chi connectivity index (χ4n) is 2.14. The number of benzene rings is 1. The Balaban J connectivity index is 2.79. The molecule has 1 atom stereocenters. The molecule has 1 amide bonds. The molecular formula is C15H24N2O. The lowest BCUT2D eigenvalue weighted by Crippen LogP contribution is -2.34. The monoisotopic (exact) mass is 248 g/mol. The molecule has 0 saturated heterocycles. The molecule has 0 N–H and O–H groups in total. The van der Waals surface area contributed by atoms with E-state index in [-0.39, 0.29) is 11.9 Å². The van der Waals surface area contributed by atoms with Gasteiger partial charge in [0, 0.05) is 25.6 Å². The third-order valence-electron chi connectivity index (χ3n) is 3.29. The van der Waals surface area contributed by atoms with Gasteiger partial charge in [-0.2, -0.15) is 0 Å². The normalized spacial score (nSPS) is 12.5. The van der Waals surface area contributed by atoms with E-state index in [0.29, 0.717) is 6.42 Å². The molecule has 0 fully saturated rings. The van der Waals surface area contributed by atoms with Gasteiger partial charge in [0.15, 0.2) is 0 Å². The number of carbonyl (C=O) groups excluding carboxylic acids is 1. The minimum absolute atomic E-state index is 0.152. The molecule has 1 rings (SSSR count). The van der Waals surface area contributed by atoms with Crippen LogP contribution >= 0.6 is 0 Å². The summed E-state index contributed by atoms with van der Waals surface area (Å²) in [5, 5.41) is 0. The molecule has 100 valence electrons. The number of carbonyl (C=O) groups is 1. The van der Waals surface area contributed by atoms with Gasteiger partial charge in [-0.3, -0.25) is 4.79 Å². The van der Waals surface area contributed by atoms with Gasteiger partial charge in [0.05, 0.1) is 0 Å². The zero-order valence-corrected chi connectivity index (χ0v) is 11.9. The predicted molar refractivity (Wildman–Crippen MR) is 75.4 cm³/mol. The molecule has 0 heterocycles. The largest absolute Gasteiger partial charge is 0.343 e. The highest BCUT2D eigenvalue weighted by Gasteiger charge is 2.20. The highest BCUT2D eigenvalue weighted by molar-refractivity contribution is 5.77. The second-order valence-corrected chi connectivity index (χ2v) is 4.66. The first kappa shape index (κ1) is 14.7. The summed E-state index contributed by atoms with van der Waals surface area (Å²) < 4.78 is 0. The molecule has 1 unspecified atom stereocenters. The predicted octanol–water partition coefficient (Wildman–Crippen LogP) is 2.55. The molecule has 3 nitrogen and oxygen atoms in total. The Hall–Kier alpha value is -1.35. The van der Waals surface area contributed by atoms with Crippen molar-refractivity contribution in [3.63, 3.8) is 0 Å².